The Bertz CT molecular complexity index is 634. The first-order valence-corrected chi connectivity index (χ1v) is 7.54. The molecule has 0 atom stereocenters. The van der Waals surface area contributed by atoms with Crippen molar-refractivity contribution in [2.45, 2.75) is 52.2 Å². The molecule has 0 unspecified atom stereocenters. The number of hydrazine groups is 1. The van der Waals surface area contributed by atoms with Gasteiger partial charge in [-0.2, -0.15) is 0 Å². The van der Waals surface area contributed by atoms with Gasteiger partial charge >= 0.3 is 18.0 Å². The molecule has 0 fully saturated rings. The number of aromatic carboxylic acids is 1. The minimum absolute atomic E-state index is 0.0200. The molecular weight excluding hydrogens is 330 g/mol. The summed E-state index contributed by atoms with van der Waals surface area (Å²) in [5.41, 5.74) is 3.06. The van der Waals surface area contributed by atoms with Crippen LogP contribution in [0.25, 0.3) is 0 Å². The molecule has 138 valence electrons. The molecule has 1 aromatic rings. The highest BCUT2D eigenvalue weighted by Gasteiger charge is 2.29. The minimum atomic E-state index is -1.10. The summed E-state index contributed by atoms with van der Waals surface area (Å²) >= 11 is 0. The normalized spacial score (nSPS) is 11.4. The molecular formula is C16H23N3O6. The van der Waals surface area contributed by atoms with Crippen molar-refractivity contribution in [2.24, 2.45) is 0 Å². The zero-order valence-corrected chi connectivity index (χ0v) is 14.9. The van der Waals surface area contributed by atoms with Crippen LogP contribution in [0, 0.1) is 0 Å². The van der Waals surface area contributed by atoms with Crippen molar-refractivity contribution in [2.75, 3.05) is 5.43 Å². The van der Waals surface area contributed by atoms with Crippen molar-refractivity contribution in [1.29, 1.82) is 0 Å². The molecule has 0 saturated heterocycles. The van der Waals surface area contributed by atoms with E-state index in [0.29, 0.717) is 0 Å². The number of aromatic nitrogens is 1. The summed E-state index contributed by atoms with van der Waals surface area (Å²) in [7, 11) is 0. The van der Waals surface area contributed by atoms with Gasteiger partial charge in [-0.25, -0.2) is 20.0 Å². The molecule has 0 aliphatic heterocycles. The van der Waals surface area contributed by atoms with Crippen LogP contribution in [0.15, 0.2) is 18.3 Å². The van der Waals surface area contributed by atoms with Gasteiger partial charge in [0.1, 0.15) is 17.0 Å². The summed E-state index contributed by atoms with van der Waals surface area (Å²) in [6.45, 7) is 8.40. The predicted molar refractivity (Wildman–Crippen MR) is 89.0 cm³/mol. The van der Waals surface area contributed by atoms with E-state index in [0.717, 1.165) is 6.20 Å². The van der Waals surface area contributed by atoms with Crippen LogP contribution >= 0.6 is 0 Å². The summed E-state index contributed by atoms with van der Waals surface area (Å²) in [6.07, 6.45) is 0.213. The van der Waals surface area contributed by atoms with Crippen LogP contribution in [-0.2, 0) is 14.3 Å². The Labute approximate surface area is 145 Å². The lowest BCUT2D eigenvalue weighted by molar-refractivity contribution is -0.159. The number of carbonyl (C=O) groups excluding carboxylic acids is 2. The number of ether oxygens (including phenoxy) is 2. The lowest BCUT2D eigenvalue weighted by Crippen LogP contribution is -2.39. The second-order valence-electron chi connectivity index (χ2n) is 6.90. The van der Waals surface area contributed by atoms with Crippen LogP contribution in [0.1, 0.15) is 51.4 Å². The SMILES string of the molecule is CC(C)(C)OC(=O)CC(C)(C)OC(=O)NNc1ccc(C(=O)O)cn1. The number of carboxylic acids is 1. The number of hydrogen-bond donors (Lipinski definition) is 3. The Morgan fingerprint density at radius 3 is 2.24 bits per heavy atom. The Kier molecular flexibility index (Phi) is 6.32. The van der Waals surface area contributed by atoms with Crippen molar-refractivity contribution in [3.63, 3.8) is 0 Å². The van der Waals surface area contributed by atoms with Crippen LogP contribution in [0.5, 0.6) is 0 Å². The lowest BCUT2D eigenvalue weighted by Gasteiger charge is -2.26. The highest BCUT2D eigenvalue weighted by atomic mass is 16.6. The van der Waals surface area contributed by atoms with E-state index >= 15 is 0 Å². The second kappa shape index (κ2) is 7.82. The van der Waals surface area contributed by atoms with Crippen molar-refractivity contribution >= 4 is 23.8 Å². The summed E-state index contributed by atoms with van der Waals surface area (Å²) in [6, 6.07) is 2.71. The van der Waals surface area contributed by atoms with Crippen molar-refractivity contribution in [1.82, 2.24) is 10.4 Å². The fourth-order valence-corrected chi connectivity index (χ4v) is 1.75. The first-order valence-electron chi connectivity index (χ1n) is 7.54. The monoisotopic (exact) mass is 353 g/mol. The van der Waals surface area contributed by atoms with Crippen LogP contribution in [-0.4, -0.2) is 39.3 Å². The molecule has 9 nitrogen and oxygen atoms in total. The average molecular weight is 353 g/mol. The molecule has 3 N–H and O–H groups in total. The number of amides is 1. The molecule has 1 amide bonds. The van der Waals surface area contributed by atoms with Gasteiger partial charge in [-0.1, -0.05) is 0 Å². The molecule has 9 heteroatoms. The van der Waals surface area contributed by atoms with E-state index in [1.54, 1.807) is 34.6 Å². The van der Waals surface area contributed by atoms with E-state index in [4.69, 9.17) is 14.6 Å². The highest BCUT2D eigenvalue weighted by Crippen LogP contribution is 2.18. The molecule has 0 aliphatic rings. The number of carbonyl (C=O) groups is 3. The molecule has 0 aliphatic carbocycles. The van der Waals surface area contributed by atoms with Gasteiger partial charge in [-0.15, -0.1) is 0 Å². The number of nitrogens with zero attached hydrogens (tertiary/aromatic N) is 1. The average Bonchev–Trinajstić information content (AvgIpc) is 2.42. The molecule has 0 radical (unpaired) electrons. The number of esters is 1. The summed E-state index contributed by atoms with van der Waals surface area (Å²) in [5.74, 6) is -1.36. The number of pyridine rings is 1. The van der Waals surface area contributed by atoms with Gasteiger partial charge in [-0.3, -0.25) is 10.2 Å². The maximum absolute atomic E-state index is 11.8. The molecule has 25 heavy (non-hydrogen) atoms. The molecule has 1 rings (SSSR count). The largest absolute Gasteiger partial charge is 0.478 e. The van der Waals surface area contributed by atoms with E-state index < -0.39 is 29.2 Å². The number of rotatable bonds is 6. The quantitative estimate of drug-likeness (QED) is 0.525. The Morgan fingerprint density at radius 1 is 1.12 bits per heavy atom. The van der Waals surface area contributed by atoms with E-state index in [2.05, 4.69) is 15.8 Å². The van der Waals surface area contributed by atoms with Crippen molar-refractivity contribution < 1.29 is 29.0 Å². The maximum atomic E-state index is 11.8. The first-order chi connectivity index (χ1) is 11.4. The number of anilines is 1. The fourth-order valence-electron chi connectivity index (χ4n) is 1.75. The molecule has 0 aromatic carbocycles. The van der Waals surface area contributed by atoms with Gasteiger partial charge < -0.3 is 14.6 Å². The third-order valence-corrected chi connectivity index (χ3v) is 2.66. The van der Waals surface area contributed by atoms with Crippen LogP contribution in [0.3, 0.4) is 0 Å². The van der Waals surface area contributed by atoms with Crippen molar-refractivity contribution in [3.05, 3.63) is 23.9 Å². The molecule has 0 saturated carbocycles. The summed E-state index contributed by atoms with van der Waals surface area (Å²) in [4.78, 5) is 38.2. The molecule has 0 bridgehead atoms. The molecule has 1 aromatic heterocycles. The van der Waals surface area contributed by atoms with Gasteiger partial charge in [-0.05, 0) is 46.8 Å². The fraction of sp³-hybridized carbons (Fsp3) is 0.500. The number of nitrogens with one attached hydrogen (secondary N) is 2. The number of carboxylic acid groups (broad SMARTS) is 1. The third-order valence-electron chi connectivity index (χ3n) is 2.66. The lowest BCUT2D eigenvalue weighted by atomic mass is 10.1. The Balaban J connectivity index is 2.49. The Morgan fingerprint density at radius 2 is 1.76 bits per heavy atom. The van der Waals surface area contributed by atoms with Crippen LogP contribution in [0.2, 0.25) is 0 Å². The van der Waals surface area contributed by atoms with E-state index in [1.807, 2.05) is 0 Å². The predicted octanol–water partition coefficient (Wildman–Crippen LogP) is 2.34. The van der Waals surface area contributed by atoms with Gasteiger partial charge in [0.25, 0.3) is 0 Å². The molecule has 0 spiro atoms. The third kappa shape index (κ3) is 8.00. The molecule has 1 heterocycles. The van der Waals surface area contributed by atoms with Crippen LogP contribution < -0.4 is 10.9 Å². The second-order valence-corrected chi connectivity index (χ2v) is 6.90. The zero-order valence-electron chi connectivity index (χ0n) is 14.9. The summed E-state index contributed by atoms with van der Waals surface area (Å²) < 4.78 is 10.4. The zero-order chi connectivity index (χ0) is 19.3. The Hall–Kier alpha value is -2.84. The van der Waals surface area contributed by atoms with Gasteiger partial charge in [0.05, 0.1) is 12.0 Å². The maximum Gasteiger partial charge on any atom is 0.426 e. The smallest absolute Gasteiger partial charge is 0.426 e. The van der Waals surface area contributed by atoms with E-state index in [9.17, 15) is 14.4 Å². The van der Waals surface area contributed by atoms with Gasteiger partial charge in [0.2, 0.25) is 0 Å². The van der Waals surface area contributed by atoms with Gasteiger partial charge in [0, 0.05) is 6.20 Å². The van der Waals surface area contributed by atoms with Crippen LogP contribution in [0.4, 0.5) is 10.6 Å². The topological polar surface area (TPSA) is 127 Å². The van der Waals surface area contributed by atoms with Gasteiger partial charge in [0.15, 0.2) is 0 Å². The summed E-state index contributed by atoms with van der Waals surface area (Å²) in [5, 5.41) is 8.78. The minimum Gasteiger partial charge on any atom is -0.478 e. The first kappa shape index (κ1) is 20.2. The highest BCUT2D eigenvalue weighted by molar-refractivity contribution is 5.87. The number of hydrogen-bond acceptors (Lipinski definition) is 7. The van der Waals surface area contributed by atoms with Crippen molar-refractivity contribution in [3.8, 4) is 0 Å². The van der Waals surface area contributed by atoms with E-state index in [1.165, 1.54) is 12.1 Å². The van der Waals surface area contributed by atoms with E-state index in [-0.39, 0.29) is 17.8 Å². The standard InChI is InChI=1S/C16H23N3O6/c1-15(2,3)24-12(20)8-16(4,5)25-14(23)19-18-11-7-6-10(9-17-11)13(21)22/h6-7,9H,8H2,1-5H3,(H,17,18)(H,19,23)(H,21,22).